The number of amides is 1. The van der Waals surface area contributed by atoms with E-state index in [0.29, 0.717) is 5.92 Å². The van der Waals surface area contributed by atoms with Crippen molar-refractivity contribution in [1.82, 2.24) is 10.6 Å². The van der Waals surface area contributed by atoms with Crippen LogP contribution in [-0.2, 0) is 4.79 Å². The van der Waals surface area contributed by atoms with Crippen LogP contribution >= 0.6 is 0 Å². The topological polar surface area (TPSA) is 41.1 Å². The standard InChI is InChI=1S/C12H24N2O/c1-3-4-5-6-7-14-12(15)11-9-13-8-10(11)2/h10-11,13H,3-9H2,1-2H3,(H,14,15)/t10-,11-/m1/s1. The molecule has 1 aliphatic heterocycles. The molecule has 0 unspecified atom stereocenters. The summed E-state index contributed by atoms with van der Waals surface area (Å²) in [6, 6.07) is 0. The molecule has 1 amide bonds. The number of nitrogens with one attached hydrogen (secondary N) is 2. The highest BCUT2D eigenvalue weighted by molar-refractivity contribution is 5.79. The van der Waals surface area contributed by atoms with E-state index in [2.05, 4.69) is 24.5 Å². The quantitative estimate of drug-likeness (QED) is 0.656. The predicted molar refractivity (Wildman–Crippen MR) is 62.7 cm³/mol. The second-order valence-electron chi connectivity index (χ2n) is 4.59. The summed E-state index contributed by atoms with van der Waals surface area (Å²) >= 11 is 0. The minimum absolute atomic E-state index is 0.191. The Morgan fingerprint density at radius 3 is 2.73 bits per heavy atom. The fraction of sp³-hybridized carbons (Fsp3) is 0.917. The second-order valence-corrected chi connectivity index (χ2v) is 4.59. The minimum atomic E-state index is 0.191. The number of hydrogen-bond acceptors (Lipinski definition) is 2. The summed E-state index contributed by atoms with van der Waals surface area (Å²) in [6.07, 6.45) is 4.87. The lowest BCUT2D eigenvalue weighted by atomic mass is 9.97. The average molecular weight is 212 g/mol. The molecule has 1 heterocycles. The lowest BCUT2D eigenvalue weighted by Crippen LogP contribution is -2.34. The Bertz CT molecular complexity index is 194. The molecule has 0 aromatic rings. The van der Waals surface area contributed by atoms with Gasteiger partial charge in [0.25, 0.3) is 0 Å². The molecule has 3 nitrogen and oxygen atoms in total. The van der Waals surface area contributed by atoms with Crippen LogP contribution in [0.15, 0.2) is 0 Å². The van der Waals surface area contributed by atoms with Crippen molar-refractivity contribution in [2.24, 2.45) is 11.8 Å². The first-order valence-corrected chi connectivity index (χ1v) is 6.24. The number of unbranched alkanes of at least 4 members (excludes halogenated alkanes) is 3. The molecule has 2 atom stereocenters. The monoisotopic (exact) mass is 212 g/mol. The van der Waals surface area contributed by atoms with Crippen LogP contribution in [0.5, 0.6) is 0 Å². The van der Waals surface area contributed by atoms with Gasteiger partial charge >= 0.3 is 0 Å². The molecule has 15 heavy (non-hydrogen) atoms. The molecule has 88 valence electrons. The van der Waals surface area contributed by atoms with Gasteiger partial charge in [0.15, 0.2) is 0 Å². The third kappa shape index (κ3) is 4.20. The third-order valence-electron chi connectivity index (χ3n) is 3.18. The molecular formula is C12H24N2O. The summed E-state index contributed by atoms with van der Waals surface area (Å²) in [5, 5.41) is 6.29. The fourth-order valence-electron chi connectivity index (χ4n) is 2.06. The highest BCUT2D eigenvalue weighted by atomic mass is 16.1. The fourth-order valence-corrected chi connectivity index (χ4v) is 2.06. The minimum Gasteiger partial charge on any atom is -0.356 e. The van der Waals surface area contributed by atoms with E-state index in [9.17, 15) is 4.79 Å². The van der Waals surface area contributed by atoms with Crippen molar-refractivity contribution < 1.29 is 4.79 Å². The van der Waals surface area contributed by atoms with E-state index in [0.717, 1.165) is 26.1 Å². The molecule has 2 N–H and O–H groups in total. The van der Waals surface area contributed by atoms with E-state index < -0.39 is 0 Å². The zero-order chi connectivity index (χ0) is 11.1. The van der Waals surface area contributed by atoms with E-state index in [1.807, 2.05) is 0 Å². The number of carbonyl (C=O) groups excluding carboxylic acids is 1. The van der Waals surface area contributed by atoms with Crippen molar-refractivity contribution in [1.29, 1.82) is 0 Å². The molecule has 0 aromatic carbocycles. The first-order valence-electron chi connectivity index (χ1n) is 6.24. The molecule has 0 radical (unpaired) electrons. The molecular weight excluding hydrogens is 188 g/mol. The Labute approximate surface area is 93.0 Å². The highest BCUT2D eigenvalue weighted by Gasteiger charge is 2.28. The Kier molecular flexibility index (Phi) is 5.69. The Hall–Kier alpha value is -0.570. The largest absolute Gasteiger partial charge is 0.356 e. The van der Waals surface area contributed by atoms with Gasteiger partial charge in [-0.15, -0.1) is 0 Å². The summed E-state index contributed by atoms with van der Waals surface area (Å²) in [5.74, 6) is 0.917. The van der Waals surface area contributed by atoms with Crippen LogP contribution in [0.2, 0.25) is 0 Å². The molecule has 1 saturated heterocycles. The summed E-state index contributed by atoms with van der Waals surface area (Å²) in [4.78, 5) is 11.7. The third-order valence-corrected chi connectivity index (χ3v) is 3.18. The van der Waals surface area contributed by atoms with Gasteiger partial charge in [0, 0.05) is 13.1 Å². The predicted octanol–water partition coefficient (Wildman–Crippen LogP) is 1.54. The Morgan fingerprint density at radius 1 is 1.33 bits per heavy atom. The number of hydrogen-bond donors (Lipinski definition) is 2. The van der Waals surface area contributed by atoms with Crippen molar-refractivity contribution >= 4 is 5.91 Å². The Morgan fingerprint density at radius 2 is 2.13 bits per heavy atom. The van der Waals surface area contributed by atoms with Crippen LogP contribution in [0.1, 0.15) is 39.5 Å². The number of carbonyl (C=O) groups is 1. The van der Waals surface area contributed by atoms with Gasteiger partial charge in [-0.3, -0.25) is 4.79 Å². The van der Waals surface area contributed by atoms with E-state index in [4.69, 9.17) is 0 Å². The van der Waals surface area contributed by atoms with Gasteiger partial charge < -0.3 is 10.6 Å². The molecule has 0 saturated carbocycles. The van der Waals surface area contributed by atoms with Gasteiger partial charge in [-0.1, -0.05) is 33.1 Å². The second kappa shape index (κ2) is 6.83. The van der Waals surface area contributed by atoms with E-state index >= 15 is 0 Å². The smallest absolute Gasteiger partial charge is 0.224 e. The zero-order valence-corrected chi connectivity index (χ0v) is 10.0. The van der Waals surface area contributed by atoms with E-state index in [-0.39, 0.29) is 11.8 Å². The van der Waals surface area contributed by atoms with Gasteiger partial charge in [-0.2, -0.15) is 0 Å². The molecule has 1 fully saturated rings. The van der Waals surface area contributed by atoms with Crippen LogP contribution in [0.3, 0.4) is 0 Å². The lowest BCUT2D eigenvalue weighted by Gasteiger charge is -2.13. The van der Waals surface area contributed by atoms with Crippen LogP contribution in [0.25, 0.3) is 0 Å². The maximum absolute atomic E-state index is 11.7. The van der Waals surface area contributed by atoms with Crippen molar-refractivity contribution in [2.75, 3.05) is 19.6 Å². The average Bonchev–Trinajstić information content (AvgIpc) is 2.64. The molecule has 0 bridgehead atoms. The molecule has 0 spiro atoms. The molecule has 0 aliphatic carbocycles. The summed E-state index contributed by atoms with van der Waals surface area (Å²) in [5.41, 5.74) is 0. The van der Waals surface area contributed by atoms with Crippen molar-refractivity contribution in [3.63, 3.8) is 0 Å². The first kappa shape index (κ1) is 12.5. The van der Waals surface area contributed by atoms with Gasteiger partial charge in [-0.25, -0.2) is 0 Å². The first-order chi connectivity index (χ1) is 7.25. The maximum atomic E-state index is 11.7. The van der Waals surface area contributed by atoms with Crippen LogP contribution in [0, 0.1) is 11.8 Å². The molecule has 1 rings (SSSR count). The van der Waals surface area contributed by atoms with Gasteiger partial charge in [-0.05, 0) is 18.9 Å². The molecule has 3 heteroatoms. The maximum Gasteiger partial charge on any atom is 0.224 e. The van der Waals surface area contributed by atoms with Crippen LogP contribution in [0.4, 0.5) is 0 Å². The number of rotatable bonds is 6. The van der Waals surface area contributed by atoms with Gasteiger partial charge in [0.2, 0.25) is 5.91 Å². The Balaban J connectivity index is 2.08. The van der Waals surface area contributed by atoms with E-state index in [1.165, 1.54) is 19.3 Å². The van der Waals surface area contributed by atoms with E-state index in [1.54, 1.807) is 0 Å². The van der Waals surface area contributed by atoms with Crippen molar-refractivity contribution in [2.45, 2.75) is 39.5 Å². The SMILES string of the molecule is CCCCCCNC(=O)[C@@H]1CNC[C@H]1C. The lowest BCUT2D eigenvalue weighted by molar-refractivity contribution is -0.125. The van der Waals surface area contributed by atoms with Crippen LogP contribution < -0.4 is 10.6 Å². The molecule has 1 aliphatic rings. The summed E-state index contributed by atoms with van der Waals surface area (Å²) < 4.78 is 0. The zero-order valence-electron chi connectivity index (χ0n) is 10.0. The summed E-state index contributed by atoms with van der Waals surface area (Å²) in [6.45, 7) is 7.02. The van der Waals surface area contributed by atoms with Crippen molar-refractivity contribution in [3.05, 3.63) is 0 Å². The van der Waals surface area contributed by atoms with Gasteiger partial charge in [0.1, 0.15) is 0 Å². The van der Waals surface area contributed by atoms with Crippen LogP contribution in [-0.4, -0.2) is 25.5 Å². The summed E-state index contributed by atoms with van der Waals surface area (Å²) in [7, 11) is 0. The molecule has 0 aromatic heterocycles. The van der Waals surface area contributed by atoms with Crippen molar-refractivity contribution in [3.8, 4) is 0 Å². The van der Waals surface area contributed by atoms with Gasteiger partial charge in [0.05, 0.1) is 5.92 Å². The normalized spacial score (nSPS) is 25.5. The highest BCUT2D eigenvalue weighted by Crippen LogP contribution is 2.15.